The predicted molar refractivity (Wildman–Crippen MR) is 67.0 cm³/mol. The van der Waals surface area contributed by atoms with Gasteiger partial charge in [-0.05, 0) is 0 Å². The molecule has 2 rings (SSSR count). The highest BCUT2D eigenvalue weighted by atomic mass is 16.5. The summed E-state index contributed by atoms with van der Waals surface area (Å²) in [7, 11) is 3.00. The number of nitrogens with zero attached hydrogens (tertiary/aromatic N) is 5. The van der Waals surface area contributed by atoms with Crippen LogP contribution in [0.1, 0.15) is 0 Å². The third-order valence-electron chi connectivity index (χ3n) is 2.20. The van der Waals surface area contributed by atoms with E-state index in [4.69, 9.17) is 0 Å². The van der Waals surface area contributed by atoms with Gasteiger partial charge in [0.2, 0.25) is 17.8 Å². The van der Waals surface area contributed by atoms with Crippen LogP contribution in [0.25, 0.3) is 5.95 Å². The molecule has 0 saturated carbocycles. The Balaban J connectivity index is 2.23. The summed E-state index contributed by atoms with van der Waals surface area (Å²) in [5, 5.41) is 5.58. The molecule has 0 bridgehead atoms. The van der Waals surface area contributed by atoms with Crippen molar-refractivity contribution in [3.63, 3.8) is 0 Å². The van der Waals surface area contributed by atoms with Gasteiger partial charge in [-0.2, -0.15) is 15.0 Å². The Morgan fingerprint density at radius 1 is 1.37 bits per heavy atom. The summed E-state index contributed by atoms with van der Waals surface area (Å²) in [5.41, 5.74) is 0. The highest BCUT2D eigenvalue weighted by molar-refractivity contribution is 5.74. The van der Waals surface area contributed by atoms with Crippen molar-refractivity contribution < 1.29 is 9.53 Å². The molecule has 9 heteroatoms. The first-order valence-electron chi connectivity index (χ1n) is 5.45. The lowest BCUT2D eigenvalue weighted by Crippen LogP contribution is -2.18. The monoisotopic (exact) mass is 263 g/mol. The van der Waals surface area contributed by atoms with Crippen LogP contribution in [-0.2, 0) is 9.53 Å². The molecule has 2 aromatic rings. The molecule has 2 aromatic heterocycles. The minimum absolute atomic E-state index is 0.0208. The Morgan fingerprint density at radius 2 is 2.16 bits per heavy atom. The van der Waals surface area contributed by atoms with Crippen LogP contribution in [0.15, 0.2) is 18.7 Å². The van der Waals surface area contributed by atoms with E-state index in [1.807, 2.05) is 0 Å². The number of methoxy groups -OCH3 is 1. The molecular formula is C10H13N7O2. The maximum Gasteiger partial charge on any atom is 0.325 e. The Labute approximate surface area is 109 Å². The molecule has 0 saturated heterocycles. The average molecular weight is 263 g/mol. The summed E-state index contributed by atoms with van der Waals surface area (Å²) in [6.07, 6.45) is 4.89. The fraction of sp³-hybridized carbons (Fsp3) is 0.300. The SMILES string of the molecule is CNc1nc(NCC(=O)OC)nc(-n2ccnc2)n1. The standard InChI is InChI=1S/C10H13N7O2/c1-11-8-14-9(13-5-7(18)19-2)16-10(15-8)17-4-3-12-6-17/h3-4,6H,5H2,1-2H3,(H2,11,13,14,15,16). The molecule has 2 N–H and O–H groups in total. The van der Waals surface area contributed by atoms with Gasteiger partial charge in [0.1, 0.15) is 12.9 Å². The molecule has 0 aliphatic carbocycles. The normalized spacial score (nSPS) is 10.0. The number of esters is 1. The van der Waals surface area contributed by atoms with E-state index in [1.165, 1.54) is 7.11 Å². The lowest BCUT2D eigenvalue weighted by Gasteiger charge is -2.07. The lowest BCUT2D eigenvalue weighted by atomic mass is 10.6. The van der Waals surface area contributed by atoms with Crippen molar-refractivity contribution in [1.82, 2.24) is 24.5 Å². The average Bonchev–Trinajstić information content (AvgIpc) is 2.98. The minimum atomic E-state index is -0.407. The van der Waals surface area contributed by atoms with Crippen molar-refractivity contribution >= 4 is 17.9 Å². The van der Waals surface area contributed by atoms with Crippen LogP contribution in [0.2, 0.25) is 0 Å². The van der Waals surface area contributed by atoms with Gasteiger partial charge >= 0.3 is 5.97 Å². The van der Waals surface area contributed by atoms with E-state index < -0.39 is 5.97 Å². The molecule has 0 fully saturated rings. The van der Waals surface area contributed by atoms with Gasteiger partial charge in [0.05, 0.1) is 7.11 Å². The number of ether oxygens (including phenoxy) is 1. The van der Waals surface area contributed by atoms with E-state index in [0.29, 0.717) is 11.9 Å². The van der Waals surface area contributed by atoms with E-state index in [2.05, 4.69) is 35.3 Å². The molecule has 0 radical (unpaired) electrons. The van der Waals surface area contributed by atoms with Crippen molar-refractivity contribution in [3.8, 4) is 5.95 Å². The van der Waals surface area contributed by atoms with Crippen molar-refractivity contribution in [1.29, 1.82) is 0 Å². The summed E-state index contributed by atoms with van der Waals surface area (Å²) in [5.74, 6) is 0.638. The molecule has 0 amide bonds. The molecule has 9 nitrogen and oxygen atoms in total. The van der Waals surface area contributed by atoms with Gasteiger partial charge in [0, 0.05) is 19.4 Å². The zero-order valence-electron chi connectivity index (χ0n) is 10.5. The van der Waals surface area contributed by atoms with Gasteiger partial charge in [-0.15, -0.1) is 0 Å². The van der Waals surface area contributed by atoms with Crippen LogP contribution in [0, 0.1) is 0 Å². The quantitative estimate of drug-likeness (QED) is 0.707. The fourth-order valence-corrected chi connectivity index (χ4v) is 1.27. The van der Waals surface area contributed by atoms with Gasteiger partial charge in [-0.3, -0.25) is 9.36 Å². The Morgan fingerprint density at radius 3 is 2.79 bits per heavy atom. The van der Waals surface area contributed by atoms with E-state index >= 15 is 0 Å². The zero-order valence-corrected chi connectivity index (χ0v) is 10.5. The first-order valence-corrected chi connectivity index (χ1v) is 5.45. The van der Waals surface area contributed by atoms with Crippen LogP contribution in [0.4, 0.5) is 11.9 Å². The second-order valence-corrected chi connectivity index (χ2v) is 3.43. The van der Waals surface area contributed by atoms with E-state index in [9.17, 15) is 4.79 Å². The number of imidazole rings is 1. The van der Waals surface area contributed by atoms with Crippen molar-refractivity contribution in [2.75, 3.05) is 31.3 Å². The molecule has 0 atom stereocenters. The Bertz CT molecular complexity index is 555. The van der Waals surface area contributed by atoms with Crippen LogP contribution >= 0.6 is 0 Å². The number of carbonyl (C=O) groups excluding carboxylic acids is 1. The third kappa shape index (κ3) is 3.15. The van der Waals surface area contributed by atoms with Gasteiger partial charge in [0.15, 0.2) is 0 Å². The summed E-state index contributed by atoms with van der Waals surface area (Å²) in [4.78, 5) is 27.4. The molecule has 0 spiro atoms. The maximum absolute atomic E-state index is 11.1. The molecule has 0 aromatic carbocycles. The fourth-order valence-electron chi connectivity index (χ4n) is 1.27. The van der Waals surface area contributed by atoms with Crippen LogP contribution in [0.3, 0.4) is 0 Å². The summed E-state index contributed by atoms with van der Waals surface area (Å²) >= 11 is 0. The number of carbonyl (C=O) groups is 1. The minimum Gasteiger partial charge on any atom is -0.468 e. The second-order valence-electron chi connectivity index (χ2n) is 3.43. The number of aromatic nitrogens is 5. The topological polar surface area (TPSA) is 107 Å². The number of nitrogens with one attached hydrogen (secondary N) is 2. The van der Waals surface area contributed by atoms with Gasteiger partial charge < -0.3 is 15.4 Å². The highest BCUT2D eigenvalue weighted by Gasteiger charge is 2.08. The number of hydrogen-bond acceptors (Lipinski definition) is 8. The maximum atomic E-state index is 11.1. The van der Waals surface area contributed by atoms with E-state index in [1.54, 1.807) is 30.3 Å². The Hall–Kier alpha value is -2.71. The van der Waals surface area contributed by atoms with E-state index in [-0.39, 0.29) is 12.5 Å². The lowest BCUT2D eigenvalue weighted by molar-refractivity contribution is -0.138. The number of anilines is 2. The molecule has 0 aliphatic rings. The molecule has 0 unspecified atom stereocenters. The molecule has 19 heavy (non-hydrogen) atoms. The van der Waals surface area contributed by atoms with Crippen molar-refractivity contribution in [2.45, 2.75) is 0 Å². The number of rotatable bonds is 5. The summed E-state index contributed by atoms with van der Waals surface area (Å²) in [6, 6.07) is 0. The van der Waals surface area contributed by atoms with Gasteiger partial charge in [-0.1, -0.05) is 0 Å². The van der Waals surface area contributed by atoms with Crippen molar-refractivity contribution in [3.05, 3.63) is 18.7 Å². The van der Waals surface area contributed by atoms with Gasteiger partial charge in [-0.25, -0.2) is 4.98 Å². The van der Waals surface area contributed by atoms with E-state index in [0.717, 1.165) is 0 Å². The summed E-state index contributed by atoms with van der Waals surface area (Å²) < 4.78 is 6.16. The van der Waals surface area contributed by atoms with Crippen LogP contribution in [-0.4, -0.2) is 51.2 Å². The zero-order chi connectivity index (χ0) is 13.7. The van der Waals surface area contributed by atoms with Gasteiger partial charge in [0.25, 0.3) is 0 Å². The Kier molecular flexibility index (Phi) is 3.86. The number of hydrogen-bond donors (Lipinski definition) is 2. The smallest absolute Gasteiger partial charge is 0.325 e. The highest BCUT2D eigenvalue weighted by Crippen LogP contribution is 2.08. The molecular weight excluding hydrogens is 250 g/mol. The molecule has 2 heterocycles. The largest absolute Gasteiger partial charge is 0.468 e. The second kappa shape index (κ2) is 5.76. The first-order chi connectivity index (χ1) is 9.22. The van der Waals surface area contributed by atoms with Crippen LogP contribution in [0.5, 0.6) is 0 Å². The van der Waals surface area contributed by atoms with Crippen LogP contribution < -0.4 is 10.6 Å². The summed E-state index contributed by atoms with van der Waals surface area (Å²) in [6.45, 7) is -0.0208. The predicted octanol–water partition coefficient (Wildman–Crippen LogP) is -0.316. The molecule has 100 valence electrons. The third-order valence-corrected chi connectivity index (χ3v) is 2.20. The first kappa shape index (κ1) is 12.7. The van der Waals surface area contributed by atoms with Crippen molar-refractivity contribution in [2.24, 2.45) is 0 Å². The molecule has 0 aliphatic heterocycles.